The Bertz CT molecular complexity index is 217. The molecule has 17 heavy (non-hydrogen) atoms. The molecule has 1 heterocycles. The average molecular weight is 245 g/mol. The quantitative estimate of drug-likeness (QED) is 0.665. The number of carbonyl (C=O) groups excluding carboxylic acids is 1. The van der Waals surface area contributed by atoms with Crippen molar-refractivity contribution in [1.82, 2.24) is 5.32 Å². The number of likely N-dealkylation sites (N-methyl/N-ethyl adjacent to an activating group) is 1. The molecule has 0 spiro atoms. The molecule has 0 aromatic rings. The lowest BCUT2D eigenvalue weighted by molar-refractivity contribution is -0.147. The van der Waals surface area contributed by atoms with E-state index in [4.69, 9.17) is 14.2 Å². The molecule has 1 aliphatic rings. The molecule has 1 aliphatic heterocycles. The summed E-state index contributed by atoms with van der Waals surface area (Å²) in [5, 5.41) is 2.90. The molecule has 1 rings (SSSR count). The molecule has 1 unspecified atom stereocenters. The first-order valence-corrected chi connectivity index (χ1v) is 6.27. The Morgan fingerprint density at radius 1 is 1.47 bits per heavy atom. The molecule has 0 radical (unpaired) electrons. The summed E-state index contributed by atoms with van der Waals surface area (Å²) in [5.41, 5.74) is 0. The second-order valence-electron chi connectivity index (χ2n) is 4.19. The van der Waals surface area contributed by atoms with E-state index >= 15 is 0 Å². The van der Waals surface area contributed by atoms with Crippen LogP contribution in [-0.4, -0.2) is 52.1 Å². The highest BCUT2D eigenvalue weighted by atomic mass is 16.5. The average Bonchev–Trinajstić information content (AvgIpc) is 2.36. The van der Waals surface area contributed by atoms with Crippen LogP contribution in [0.2, 0.25) is 0 Å². The Hall–Kier alpha value is -0.650. The summed E-state index contributed by atoms with van der Waals surface area (Å²) in [7, 11) is 1.74. The standard InChI is InChI=1S/C12H23NO4/c1-3-17-12(14)11(13-2)9-16-8-10-4-6-15-7-5-10/h10-11,13H,3-9H2,1-2H3. The van der Waals surface area contributed by atoms with E-state index in [0.29, 0.717) is 25.7 Å². The number of nitrogens with one attached hydrogen (secondary N) is 1. The van der Waals surface area contributed by atoms with Crippen LogP contribution in [-0.2, 0) is 19.0 Å². The van der Waals surface area contributed by atoms with Gasteiger partial charge in [-0.1, -0.05) is 0 Å². The number of hydrogen-bond donors (Lipinski definition) is 1. The highest BCUT2D eigenvalue weighted by Crippen LogP contribution is 2.14. The summed E-state index contributed by atoms with van der Waals surface area (Å²) >= 11 is 0. The van der Waals surface area contributed by atoms with Gasteiger partial charge >= 0.3 is 5.97 Å². The number of esters is 1. The van der Waals surface area contributed by atoms with Crippen LogP contribution in [0, 0.1) is 5.92 Å². The van der Waals surface area contributed by atoms with E-state index in [1.165, 1.54) is 0 Å². The molecule has 100 valence electrons. The second-order valence-corrected chi connectivity index (χ2v) is 4.19. The van der Waals surface area contributed by atoms with Crippen LogP contribution in [0.3, 0.4) is 0 Å². The maximum absolute atomic E-state index is 11.5. The smallest absolute Gasteiger partial charge is 0.325 e. The third-order valence-electron chi connectivity index (χ3n) is 2.90. The van der Waals surface area contributed by atoms with Crippen molar-refractivity contribution in [3.63, 3.8) is 0 Å². The number of ether oxygens (including phenoxy) is 3. The fourth-order valence-corrected chi connectivity index (χ4v) is 1.78. The van der Waals surface area contributed by atoms with Gasteiger partial charge in [-0.2, -0.15) is 0 Å². The lowest BCUT2D eigenvalue weighted by atomic mass is 10.0. The van der Waals surface area contributed by atoms with Crippen molar-refractivity contribution in [2.75, 3.05) is 40.1 Å². The Kier molecular flexibility index (Phi) is 7.16. The van der Waals surface area contributed by atoms with Crippen LogP contribution < -0.4 is 5.32 Å². The van der Waals surface area contributed by atoms with Crippen molar-refractivity contribution in [3.8, 4) is 0 Å². The molecule has 0 aromatic heterocycles. The molecule has 0 aliphatic carbocycles. The van der Waals surface area contributed by atoms with Crippen molar-refractivity contribution in [2.24, 2.45) is 5.92 Å². The molecule has 0 bridgehead atoms. The Morgan fingerprint density at radius 3 is 2.76 bits per heavy atom. The zero-order valence-corrected chi connectivity index (χ0v) is 10.7. The largest absolute Gasteiger partial charge is 0.465 e. The fraction of sp³-hybridized carbons (Fsp3) is 0.917. The minimum absolute atomic E-state index is 0.248. The predicted molar refractivity (Wildman–Crippen MR) is 63.8 cm³/mol. The van der Waals surface area contributed by atoms with E-state index in [1.54, 1.807) is 14.0 Å². The first kappa shape index (κ1) is 14.4. The molecule has 0 saturated carbocycles. The molecular weight excluding hydrogens is 222 g/mol. The molecule has 1 saturated heterocycles. The SMILES string of the molecule is CCOC(=O)C(COCC1CCOCC1)NC. The molecule has 1 fully saturated rings. The lowest BCUT2D eigenvalue weighted by Crippen LogP contribution is -2.40. The predicted octanol–water partition coefficient (Wildman–Crippen LogP) is 0.581. The maximum Gasteiger partial charge on any atom is 0.325 e. The lowest BCUT2D eigenvalue weighted by Gasteiger charge is -2.22. The van der Waals surface area contributed by atoms with Gasteiger partial charge in [0, 0.05) is 19.8 Å². The van der Waals surface area contributed by atoms with E-state index in [2.05, 4.69) is 5.32 Å². The first-order valence-electron chi connectivity index (χ1n) is 6.27. The minimum Gasteiger partial charge on any atom is -0.465 e. The van der Waals surface area contributed by atoms with E-state index < -0.39 is 0 Å². The summed E-state index contributed by atoms with van der Waals surface area (Å²) in [6, 6.07) is -0.366. The Labute approximate surface area is 103 Å². The van der Waals surface area contributed by atoms with Gasteiger partial charge in [0.05, 0.1) is 13.2 Å². The zero-order valence-electron chi connectivity index (χ0n) is 10.7. The van der Waals surface area contributed by atoms with Crippen molar-refractivity contribution < 1.29 is 19.0 Å². The summed E-state index contributed by atoms with van der Waals surface area (Å²) in [6.45, 7) is 4.90. The van der Waals surface area contributed by atoms with Gasteiger partial charge in [0.25, 0.3) is 0 Å². The summed E-state index contributed by atoms with van der Waals surface area (Å²) in [5.74, 6) is 0.311. The van der Waals surface area contributed by atoms with E-state index in [9.17, 15) is 4.79 Å². The molecule has 0 aromatic carbocycles. The zero-order chi connectivity index (χ0) is 12.5. The van der Waals surface area contributed by atoms with E-state index in [1.807, 2.05) is 0 Å². The van der Waals surface area contributed by atoms with E-state index in [0.717, 1.165) is 26.1 Å². The third-order valence-corrected chi connectivity index (χ3v) is 2.90. The molecule has 5 heteroatoms. The number of rotatable bonds is 7. The third kappa shape index (κ3) is 5.48. The van der Waals surface area contributed by atoms with Gasteiger partial charge in [-0.3, -0.25) is 4.79 Å². The van der Waals surface area contributed by atoms with Crippen LogP contribution in [0.15, 0.2) is 0 Å². The first-order chi connectivity index (χ1) is 8.27. The molecule has 1 N–H and O–H groups in total. The second kappa shape index (κ2) is 8.44. The highest BCUT2D eigenvalue weighted by molar-refractivity contribution is 5.75. The van der Waals surface area contributed by atoms with Gasteiger partial charge in [0.2, 0.25) is 0 Å². The topological polar surface area (TPSA) is 56.8 Å². The van der Waals surface area contributed by atoms with Crippen molar-refractivity contribution >= 4 is 5.97 Å². The van der Waals surface area contributed by atoms with Crippen molar-refractivity contribution in [2.45, 2.75) is 25.8 Å². The van der Waals surface area contributed by atoms with Gasteiger partial charge in [0.15, 0.2) is 0 Å². The monoisotopic (exact) mass is 245 g/mol. The van der Waals surface area contributed by atoms with Gasteiger partial charge in [0.1, 0.15) is 6.04 Å². The van der Waals surface area contributed by atoms with Crippen molar-refractivity contribution in [1.29, 1.82) is 0 Å². The number of hydrogen-bond acceptors (Lipinski definition) is 5. The summed E-state index contributed by atoms with van der Waals surface area (Å²) < 4.78 is 15.8. The highest BCUT2D eigenvalue weighted by Gasteiger charge is 2.19. The van der Waals surface area contributed by atoms with Crippen LogP contribution in [0.4, 0.5) is 0 Å². The van der Waals surface area contributed by atoms with Crippen molar-refractivity contribution in [3.05, 3.63) is 0 Å². The molecule has 0 amide bonds. The molecular formula is C12H23NO4. The maximum atomic E-state index is 11.5. The Balaban J connectivity index is 2.16. The van der Waals surface area contributed by atoms with Crippen LogP contribution in [0.5, 0.6) is 0 Å². The van der Waals surface area contributed by atoms with Gasteiger partial charge in [-0.15, -0.1) is 0 Å². The van der Waals surface area contributed by atoms with Gasteiger partial charge in [-0.25, -0.2) is 0 Å². The fourth-order valence-electron chi connectivity index (χ4n) is 1.78. The van der Waals surface area contributed by atoms with Crippen LogP contribution >= 0.6 is 0 Å². The van der Waals surface area contributed by atoms with Gasteiger partial charge < -0.3 is 19.5 Å². The van der Waals surface area contributed by atoms with Crippen LogP contribution in [0.25, 0.3) is 0 Å². The molecule has 5 nitrogen and oxygen atoms in total. The number of carbonyl (C=O) groups is 1. The Morgan fingerprint density at radius 2 is 2.18 bits per heavy atom. The summed E-state index contributed by atoms with van der Waals surface area (Å²) in [4.78, 5) is 11.5. The summed E-state index contributed by atoms with van der Waals surface area (Å²) in [6.07, 6.45) is 2.09. The van der Waals surface area contributed by atoms with Gasteiger partial charge in [-0.05, 0) is 32.7 Å². The van der Waals surface area contributed by atoms with E-state index in [-0.39, 0.29) is 12.0 Å². The van der Waals surface area contributed by atoms with Crippen LogP contribution in [0.1, 0.15) is 19.8 Å². The molecule has 1 atom stereocenters. The minimum atomic E-state index is -0.366. The normalized spacial score (nSPS) is 18.9.